The summed E-state index contributed by atoms with van der Waals surface area (Å²) in [6.07, 6.45) is 8.71. The van der Waals surface area contributed by atoms with E-state index in [-0.39, 0.29) is 12.0 Å². The fourth-order valence-corrected chi connectivity index (χ4v) is 1.64. The summed E-state index contributed by atoms with van der Waals surface area (Å²) in [5.41, 5.74) is 0. The highest BCUT2D eigenvalue weighted by atomic mass is 16.5. The molecule has 16 heavy (non-hydrogen) atoms. The van der Waals surface area contributed by atoms with Crippen LogP contribution in [0.25, 0.3) is 0 Å². The van der Waals surface area contributed by atoms with Crippen LogP contribution in [0.15, 0.2) is 18.7 Å². The molecule has 1 unspecified atom stereocenters. The Morgan fingerprint density at radius 1 is 1.44 bits per heavy atom. The van der Waals surface area contributed by atoms with Crippen molar-refractivity contribution in [1.29, 1.82) is 0 Å². The molecule has 1 aromatic heterocycles. The Balaban J connectivity index is 2.48. The van der Waals surface area contributed by atoms with Crippen molar-refractivity contribution in [2.75, 3.05) is 6.61 Å². The molecule has 0 aromatic carbocycles. The molecule has 0 saturated heterocycles. The standard InChI is InChI=1S/C12H20N2O2/c1-3-5-11(14-7-6-13-10-14)9-12(15)16-8-4-2/h6-7,10-11H,3-5,8-9H2,1-2H3. The van der Waals surface area contributed by atoms with Crippen molar-refractivity contribution in [2.45, 2.75) is 45.6 Å². The summed E-state index contributed by atoms with van der Waals surface area (Å²) in [4.78, 5) is 15.5. The number of carbonyl (C=O) groups is 1. The molecule has 0 radical (unpaired) electrons. The molecular formula is C12H20N2O2. The number of aromatic nitrogens is 2. The van der Waals surface area contributed by atoms with E-state index in [0.29, 0.717) is 13.0 Å². The second kappa shape index (κ2) is 7.04. The summed E-state index contributed by atoms with van der Waals surface area (Å²) in [5, 5.41) is 0. The van der Waals surface area contributed by atoms with Crippen LogP contribution in [0.2, 0.25) is 0 Å². The summed E-state index contributed by atoms with van der Waals surface area (Å²) >= 11 is 0. The molecule has 0 fully saturated rings. The fourth-order valence-electron chi connectivity index (χ4n) is 1.64. The van der Waals surface area contributed by atoms with E-state index in [1.54, 1.807) is 12.5 Å². The van der Waals surface area contributed by atoms with Crippen molar-refractivity contribution in [3.8, 4) is 0 Å². The summed E-state index contributed by atoms with van der Waals surface area (Å²) in [6.45, 7) is 4.62. The molecule has 0 aliphatic carbocycles. The molecule has 0 spiro atoms. The maximum Gasteiger partial charge on any atom is 0.307 e. The number of nitrogens with zero attached hydrogens (tertiary/aromatic N) is 2. The van der Waals surface area contributed by atoms with E-state index in [4.69, 9.17) is 4.74 Å². The van der Waals surface area contributed by atoms with Gasteiger partial charge in [-0.3, -0.25) is 4.79 Å². The molecule has 1 heterocycles. The summed E-state index contributed by atoms with van der Waals surface area (Å²) in [5.74, 6) is -0.117. The lowest BCUT2D eigenvalue weighted by atomic mass is 10.1. The average Bonchev–Trinajstić information content (AvgIpc) is 2.79. The molecule has 1 rings (SSSR count). The summed E-state index contributed by atoms with van der Waals surface area (Å²) in [7, 11) is 0. The molecule has 1 atom stereocenters. The minimum Gasteiger partial charge on any atom is -0.466 e. The predicted octanol–water partition coefficient (Wildman–Crippen LogP) is 2.57. The topological polar surface area (TPSA) is 44.1 Å². The van der Waals surface area contributed by atoms with E-state index in [2.05, 4.69) is 11.9 Å². The van der Waals surface area contributed by atoms with Crippen LogP contribution in [-0.2, 0) is 9.53 Å². The number of hydrogen-bond acceptors (Lipinski definition) is 3. The van der Waals surface area contributed by atoms with Gasteiger partial charge in [0.15, 0.2) is 0 Å². The van der Waals surface area contributed by atoms with Crippen molar-refractivity contribution in [3.63, 3.8) is 0 Å². The number of carbonyl (C=O) groups excluding carboxylic acids is 1. The first kappa shape index (κ1) is 12.7. The normalized spacial score (nSPS) is 12.4. The third kappa shape index (κ3) is 4.04. The van der Waals surface area contributed by atoms with Gasteiger partial charge >= 0.3 is 5.97 Å². The van der Waals surface area contributed by atoms with Crippen LogP contribution < -0.4 is 0 Å². The van der Waals surface area contributed by atoms with E-state index in [1.165, 1.54) is 0 Å². The van der Waals surface area contributed by atoms with Crippen molar-refractivity contribution in [1.82, 2.24) is 9.55 Å². The summed E-state index contributed by atoms with van der Waals surface area (Å²) in [6, 6.07) is 0.178. The van der Waals surface area contributed by atoms with Gasteiger partial charge in [0.2, 0.25) is 0 Å². The lowest BCUT2D eigenvalue weighted by Gasteiger charge is -2.16. The molecule has 1 aromatic rings. The molecule has 0 saturated carbocycles. The van der Waals surface area contributed by atoms with Crippen molar-refractivity contribution in [2.24, 2.45) is 0 Å². The molecule has 0 aliphatic heterocycles. The molecule has 0 amide bonds. The van der Waals surface area contributed by atoms with Gasteiger partial charge < -0.3 is 9.30 Å². The third-order valence-corrected chi connectivity index (χ3v) is 2.44. The Morgan fingerprint density at radius 2 is 2.25 bits per heavy atom. The van der Waals surface area contributed by atoms with Gasteiger partial charge in [-0.25, -0.2) is 4.98 Å². The van der Waals surface area contributed by atoms with E-state index < -0.39 is 0 Å². The summed E-state index contributed by atoms with van der Waals surface area (Å²) < 4.78 is 7.08. The van der Waals surface area contributed by atoms with E-state index in [9.17, 15) is 4.79 Å². The van der Waals surface area contributed by atoms with Gasteiger partial charge in [0.05, 0.1) is 19.4 Å². The lowest BCUT2D eigenvalue weighted by molar-refractivity contribution is -0.144. The Hall–Kier alpha value is -1.32. The Bertz CT molecular complexity index is 296. The van der Waals surface area contributed by atoms with Crippen LogP contribution in [0.4, 0.5) is 0 Å². The number of ether oxygens (including phenoxy) is 1. The van der Waals surface area contributed by atoms with Gasteiger partial charge in [0, 0.05) is 18.4 Å². The number of hydrogen-bond donors (Lipinski definition) is 0. The monoisotopic (exact) mass is 224 g/mol. The van der Waals surface area contributed by atoms with Crippen LogP contribution in [0.5, 0.6) is 0 Å². The van der Waals surface area contributed by atoms with E-state index in [1.807, 2.05) is 17.7 Å². The highest BCUT2D eigenvalue weighted by Crippen LogP contribution is 2.18. The number of imidazole rings is 1. The van der Waals surface area contributed by atoms with E-state index in [0.717, 1.165) is 19.3 Å². The molecular weight excluding hydrogens is 204 g/mol. The van der Waals surface area contributed by atoms with Crippen LogP contribution in [0, 0.1) is 0 Å². The zero-order chi connectivity index (χ0) is 11.8. The largest absolute Gasteiger partial charge is 0.466 e. The molecule has 0 aliphatic rings. The first-order valence-corrected chi connectivity index (χ1v) is 5.91. The molecule has 4 nitrogen and oxygen atoms in total. The fraction of sp³-hybridized carbons (Fsp3) is 0.667. The lowest BCUT2D eigenvalue weighted by Crippen LogP contribution is -2.15. The molecule has 90 valence electrons. The van der Waals surface area contributed by atoms with Crippen molar-refractivity contribution < 1.29 is 9.53 Å². The van der Waals surface area contributed by atoms with Gasteiger partial charge in [0.1, 0.15) is 0 Å². The van der Waals surface area contributed by atoms with Crippen molar-refractivity contribution in [3.05, 3.63) is 18.7 Å². The van der Waals surface area contributed by atoms with Gasteiger partial charge in [-0.1, -0.05) is 20.3 Å². The quantitative estimate of drug-likeness (QED) is 0.668. The number of esters is 1. The second-order valence-electron chi connectivity index (χ2n) is 3.88. The highest BCUT2D eigenvalue weighted by molar-refractivity contribution is 5.69. The van der Waals surface area contributed by atoms with Crippen LogP contribution in [-0.4, -0.2) is 22.1 Å². The van der Waals surface area contributed by atoms with Crippen molar-refractivity contribution >= 4 is 5.97 Å². The number of rotatable bonds is 7. The minimum atomic E-state index is -0.117. The molecule has 0 N–H and O–H groups in total. The average molecular weight is 224 g/mol. The van der Waals surface area contributed by atoms with Crippen LogP contribution in [0.3, 0.4) is 0 Å². The molecule has 0 bridgehead atoms. The van der Waals surface area contributed by atoms with Crippen LogP contribution >= 0.6 is 0 Å². The van der Waals surface area contributed by atoms with Gasteiger partial charge in [0.25, 0.3) is 0 Å². The maximum absolute atomic E-state index is 11.5. The Kier molecular flexibility index (Phi) is 5.61. The van der Waals surface area contributed by atoms with Crippen LogP contribution in [0.1, 0.15) is 45.6 Å². The van der Waals surface area contributed by atoms with Gasteiger partial charge in [-0.2, -0.15) is 0 Å². The Labute approximate surface area is 96.6 Å². The third-order valence-electron chi connectivity index (χ3n) is 2.44. The predicted molar refractivity (Wildman–Crippen MR) is 62.0 cm³/mol. The smallest absolute Gasteiger partial charge is 0.307 e. The maximum atomic E-state index is 11.5. The van der Waals surface area contributed by atoms with E-state index >= 15 is 0 Å². The highest BCUT2D eigenvalue weighted by Gasteiger charge is 2.15. The van der Waals surface area contributed by atoms with Gasteiger partial charge in [-0.05, 0) is 12.8 Å². The first-order chi connectivity index (χ1) is 7.77. The zero-order valence-corrected chi connectivity index (χ0v) is 10.1. The zero-order valence-electron chi connectivity index (χ0n) is 10.1. The SMILES string of the molecule is CCCOC(=O)CC(CCC)n1ccnc1. The molecule has 4 heteroatoms. The second-order valence-corrected chi connectivity index (χ2v) is 3.88. The first-order valence-electron chi connectivity index (χ1n) is 5.91. The minimum absolute atomic E-state index is 0.117. The Morgan fingerprint density at radius 3 is 2.81 bits per heavy atom. The van der Waals surface area contributed by atoms with Gasteiger partial charge in [-0.15, -0.1) is 0 Å².